The first kappa shape index (κ1) is 16.0. The third kappa shape index (κ3) is 7.18. The van der Waals surface area contributed by atoms with E-state index in [1.165, 1.54) is 4.88 Å². The van der Waals surface area contributed by atoms with E-state index in [4.69, 9.17) is 4.74 Å². The lowest BCUT2D eigenvalue weighted by atomic mass is 10.1. The minimum absolute atomic E-state index is 0.594. The second-order valence-corrected chi connectivity index (χ2v) is 5.65. The molecule has 0 amide bonds. The molecule has 1 aromatic rings. The number of guanidine groups is 1. The number of nitrogens with one attached hydrogen (secondary N) is 2. The zero-order chi connectivity index (χ0) is 13.9. The molecule has 0 fully saturated rings. The van der Waals surface area contributed by atoms with Gasteiger partial charge in [-0.05, 0) is 30.2 Å². The van der Waals surface area contributed by atoms with Crippen molar-refractivity contribution in [2.24, 2.45) is 10.9 Å². The lowest BCUT2D eigenvalue weighted by Crippen LogP contribution is -2.40. The second-order valence-electron chi connectivity index (χ2n) is 4.61. The first-order chi connectivity index (χ1) is 9.26. The molecule has 0 spiro atoms. The van der Waals surface area contributed by atoms with E-state index in [9.17, 15) is 0 Å². The Bertz CT molecular complexity index is 352. The largest absolute Gasteiger partial charge is 0.385 e. The number of methoxy groups -OCH3 is 1. The molecule has 5 heteroatoms. The van der Waals surface area contributed by atoms with Crippen LogP contribution in [0.2, 0.25) is 0 Å². The standard InChI is InChI=1S/C14H25N3OS/c1-12(10-13-6-4-9-19-13)11-17-14(15-2)16-7-5-8-18-3/h4,6,9,12H,5,7-8,10-11H2,1-3H3,(H2,15,16,17). The van der Waals surface area contributed by atoms with Gasteiger partial charge in [0.2, 0.25) is 0 Å². The van der Waals surface area contributed by atoms with E-state index in [-0.39, 0.29) is 0 Å². The van der Waals surface area contributed by atoms with Gasteiger partial charge in [0.05, 0.1) is 0 Å². The Morgan fingerprint density at radius 1 is 1.47 bits per heavy atom. The first-order valence-corrected chi connectivity index (χ1v) is 7.60. The average Bonchev–Trinajstić information content (AvgIpc) is 2.91. The molecule has 0 aliphatic carbocycles. The molecular formula is C14H25N3OS. The summed E-state index contributed by atoms with van der Waals surface area (Å²) in [5, 5.41) is 8.77. The van der Waals surface area contributed by atoms with Gasteiger partial charge in [-0.25, -0.2) is 0 Å². The van der Waals surface area contributed by atoms with Crippen LogP contribution in [0.3, 0.4) is 0 Å². The lowest BCUT2D eigenvalue weighted by molar-refractivity contribution is 0.195. The molecule has 108 valence electrons. The van der Waals surface area contributed by atoms with Crippen LogP contribution >= 0.6 is 11.3 Å². The molecular weight excluding hydrogens is 258 g/mol. The topological polar surface area (TPSA) is 45.7 Å². The summed E-state index contributed by atoms with van der Waals surface area (Å²) in [5.74, 6) is 1.46. The maximum absolute atomic E-state index is 5.02. The molecule has 19 heavy (non-hydrogen) atoms. The summed E-state index contributed by atoms with van der Waals surface area (Å²) in [4.78, 5) is 5.65. The molecule has 4 nitrogen and oxygen atoms in total. The number of hydrogen-bond donors (Lipinski definition) is 2. The number of rotatable bonds is 8. The molecule has 1 heterocycles. The van der Waals surface area contributed by atoms with Gasteiger partial charge in [-0.15, -0.1) is 11.3 Å². The summed E-state index contributed by atoms with van der Waals surface area (Å²) in [7, 11) is 3.52. The van der Waals surface area contributed by atoms with Crippen LogP contribution in [-0.2, 0) is 11.2 Å². The molecule has 0 aromatic carbocycles. The van der Waals surface area contributed by atoms with E-state index in [2.05, 4.69) is 40.1 Å². The smallest absolute Gasteiger partial charge is 0.190 e. The molecule has 1 unspecified atom stereocenters. The third-order valence-corrected chi connectivity index (χ3v) is 3.69. The molecule has 1 rings (SSSR count). The molecule has 1 aromatic heterocycles. The zero-order valence-electron chi connectivity index (χ0n) is 12.1. The fourth-order valence-corrected chi connectivity index (χ4v) is 2.63. The van der Waals surface area contributed by atoms with Gasteiger partial charge >= 0.3 is 0 Å². The van der Waals surface area contributed by atoms with Crippen LogP contribution < -0.4 is 10.6 Å². The quantitative estimate of drug-likeness (QED) is 0.436. The van der Waals surface area contributed by atoms with Crippen LogP contribution in [0.25, 0.3) is 0 Å². The summed E-state index contributed by atoms with van der Waals surface area (Å²) in [5.41, 5.74) is 0. The van der Waals surface area contributed by atoms with Crippen LogP contribution in [0.4, 0.5) is 0 Å². The molecule has 2 N–H and O–H groups in total. The van der Waals surface area contributed by atoms with Crippen molar-refractivity contribution in [3.63, 3.8) is 0 Å². The molecule has 1 atom stereocenters. The second kappa shape index (κ2) is 9.81. The molecule has 0 bridgehead atoms. The van der Waals surface area contributed by atoms with Crippen molar-refractivity contribution in [3.8, 4) is 0 Å². The molecule has 0 aliphatic rings. The van der Waals surface area contributed by atoms with Gasteiger partial charge in [0, 0.05) is 38.7 Å². The Morgan fingerprint density at radius 3 is 2.95 bits per heavy atom. The molecule has 0 saturated heterocycles. The molecule has 0 saturated carbocycles. The van der Waals surface area contributed by atoms with E-state index in [1.54, 1.807) is 14.2 Å². The Hall–Kier alpha value is -1.07. The van der Waals surface area contributed by atoms with Crippen molar-refractivity contribution in [1.82, 2.24) is 10.6 Å². The van der Waals surface area contributed by atoms with Crippen molar-refractivity contribution in [3.05, 3.63) is 22.4 Å². The van der Waals surface area contributed by atoms with Crippen LogP contribution in [0.1, 0.15) is 18.2 Å². The Balaban J connectivity index is 2.17. The van der Waals surface area contributed by atoms with E-state index < -0.39 is 0 Å². The van der Waals surface area contributed by atoms with Gasteiger partial charge < -0.3 is 15.4 Å². The molecule has 0 radical (unpaired) electrons. The van der Waals surface area contributed by atoms with Crippen LogP contribution in [-0.4, -0.2) is 39.8 Å². The molecule has 0 aliphatic heterocycles. The van der Waals surface area contributed by atoms with E-state index in [1.807, 2.05) is 11.3 Å². The highest BCUT2D eigenvalue weighted by atomic mass is 32.1. The summed E-state index contributed by atoms with van der Waals surface area (Å²) in [6, 6.07) is 4.30. The fraction of sp³-hybridized carbons (Fsp3) is 0.643. The van der Waals surface area contributed by atoms with Gasteiger partial charge in [-0.2, -0.15) is 0 Å². The minimum Gasteiger partial charge on any atom is -0.385 e. The highest BCUT2D eigenvalue weighted by Crippen LogP contribution is 2.13. The van der Waals surface area contributed by atoms with Crippen LogP contribution in [0.15, 0.2) is 22.5 Å². The first-order valence-electron chi connectivity index (χ1n) is 6.72. The lowest BCUT2D eigenvalue weighted by Gasteiger charge is -2.15. The maximum atomic E-state index is 5.02. The minimum atomic E-state index is 0.594. The Kier molecular flexibility index (Phi) is 8.25. The van der Waals surface area contributed by atoms with Crippen molar-refractivity contribution in [1.29, 1.82) is 0 Å². The van der Waals surface area contributed by atoms with Crippen molar-refractivity contribution in [2.45, 2.75) is 19.8 Å². The highest BCUT2D eigenvalue weighted by molar-refractivity contribution is 7.09. The summed E-state index contributed by atoms with van der Waals surface area (Å²) in [6.45, 7) is 4.85. The number of hydrogen-bond acceptors (Lipinski definition) is 3. The zero-order valence-corrected chi connectivity index (χ0v) is 12.9. The van der Waals surface area contributed by atoms with Gasteiger partial charge in [-0.1, -0.05) is 13.0 Å². The predicted molar refractivity (Wildman–Crippen MR) is 83.0 cm³/mol. The normalized spacial score (nSPS) is 13.3. The highest BCUT2D eigenvalue weighted by Gasteiger charge is 2.05. The van der Waals surface area contributed by atoms with Crippen LogP contribution in [0, 0.1) is 5.92 Å². The number of thiophene rings is 1. The van der Waals surface area contributed by atoms with Crippen molar-refractivity contribution < 1.29 is 4.74 Å². The monoisotopic (exact) mass is 283 g/mol. The Morgan fingerprint density at radius 2 is 2.32 bits per heavy atom. The predicted octanol–water partition coefficient (Wildman–Crippen LogP) is 2.13. The van der Waals surface area contributed by atoms with E-state index in [0.717, 1.165) is 38.5 Å². The van der Waals surface area contributed by atoms with Gasteiger partial charge in [0.25, 0.3) is 0 Å². The summed E-state index contributed by atoms with van der Waals surface area (Å²) >= 11 is 1.82. The Labute approximate surface area is 120 Å². The average molecular weight is 283 g/mol. The number of aliphatic imine (C=N–C) groups is 1. The van der Waals surface area contributed by atoms with E-state index in [0.29, 0.717) is 5.92 Å². The number of nitrogens with zero attached hydrogens (tertiary/aromatic N) is 1. The summed E-state index contributed by atoms with van der Waals surface area (Å²) in [6.07, 6.45) is 2.10. The van der Waals surface area contributed by atoms with Crippen molar-refractivity contribution in [2.75, 3.05) is 33.9 Å². The van der Waals surface area contributed by atoms with Crippen molar-refractivity contribution >= 4 is 17.3 Å². The van der Waals surface area contributed by atoms with E-state index >= 15 is 0 Å². The SMILES string of the molecule is CN=C(NCCCOC)NCC(C)Cc1cccs1. The summed E-state index contributed by atoms with van der Waals surface area (Å²) < 4.78 is 5.02. The number of ether oxygens (including phenoxy) is 1. The van der Waals surface area contributed by atoms with Gasteiger partial charge in [-0.3, -0.25) is 4.99 Å². The van der Waals surface area contributed by atoms with Crippen LogP contribution in [0.5, 0.6) is 0 Å². The maximum Gasteiger partial charge on any atom is 0.190 e. The van der Waals surface area contributed by atoms with Gasteiger partial charge in [0.15, 0.2) is 5.96 Å². The third-order valence-electron chi connectivity index (χ3n) is 2.79. The van der Waals surface area contributed by atoms with Gasteiger partial charge in [0.1, 0.15) is 0 Å². The fourth-order valence-electron chi connectivity index (χ4n) is 1.76.